The van der Waals surface area contributed by atoms with Gasteiger partial charge in [0, 0.05) is 37.3 Å². The van der Waals surface area contributed by atoms with E-state index in [0.717, 1.165) is 6.42 Å². The van der Waals surface area contributed by atoms with Crippen LogP contribution in [0.2, 0.25) is 0 Å². The van der Waals surface area contributed by atoms with Crippen LogP contribution in [0, 0.1) is 11.7 Å². The topological polar surface area (TPSA) is 171 Å². The molecule has 3 aliphatic heterocycles. The average molecular weight is 710 g/mol. The van der Waals surface area contributed by atoms with Gasteiger partial charge in [-0.15, -0.1) is 6.58 Å². The van der Waals surface area contributed by atoms with E-state index >= 15 is 0 Å². The van der Waals surface area contributed by atoms with Gasteiger partial charge in [-0.1, -0.05) is 49.6 Å². The second-order valence-corrected chi connectivity index (χ2v) is 14.9. The molecular formula is C35H40FN5O8S. The Kier molecular flexibility index (Phi) is 9.96. The quantitative estimate of drug-likeness (QED) is 0.398. The molecule has 266 valence electrons. The van der Waals surface area contributed by atoms with Crippen molar-refractivity contribution in [1.82, 2.24) is 19.8 Å². The molecule has 4 aliphatic rings. The van der Waals surface area contributed by atoms with Crippen molar-refractivity contribution in [3.8, 4) is 0 Å². The summed E-state index contributed by atoms with van der Waals surface area (Å²) in [6, 6.07) is 9.24. The number of carbonyl (C=O) groups is 5. The number of halogens is 1. The number of nitrogens with one attached hydrogen (secondary N) is 3. The van der Waals surface area contributed by atoms with Gasteiger partial charge in [0.25, 0.3) is 15.9 Å². The number of anilines is 1. The number of carbonyl (C=O) groups excluding carboxylic acids is 5. The second kappa shape index (κ2) is 14.2. The van der Waals surface area contributed by atoms with Crippen LogP contribution < -0.4 is 15.4 Å². The van der Waals surface area contributed by atoms with Crippen LogP contribution in [0.4, 0.5) is 14.9 Å². The Morgan fingerprint density at radius 1 is 0.980 bits per heavy atom. The van der Waals surface area contributed by atoms with E-state index in [-0.39, 0.29) is 67.7 Å². The van der Waals surface area contributed by atoms with E-state index < -0.39 is 57.4 Å². The summed E-state index contributed by atoms with van der Waals surface area (Å²) in [4.78, 5) is 69.4. The second-order valence-electron chi connectivity index (χ2n) is 13.3. The molecule has 2 aromatic rings. The molecule has 1 aliphatic carbocycles. The van der Waals surface area contributed by atoms with Crippen molar-refractivity contribution in [2.24, 2.45) is 5.92 Å². The predicted octanol–water partition coefficient (Wildman–Crippen LogP) is 3.50. The minimum atomic E-state index is -4.51. The van der Waals surface area contributed by atoms with Crippen LogP contribution in [0.3, 0.4) is 0 Å². The lowest BCUT2D eigenvalue weighted by Gasteiger charge is -2.26. The first-order valence-electron chi connectivity index (χ1n) is 16.8. The number of hydrogen-bond donors (Lipinski definition) is 3. The van der Waals surface area contributed by atoms with Crippen molar-refractivity contribution < 1.29 is 41.5 Å². The van der Waals surface area contributed by atoms with E-state index in [1.54, 1.807) is 18.2 Å². The highest BCUT2D eigenvalue weighted by Crippen LogP contribution is 2.45. The van der Waals surface area contributed by atoms with Crippen LogP contribution in [0.15, 0.2) is 60.0 Å². The maximum Gasteiger partial charge on any atom is 0.410 e. The molecule has 5 amide bonds. The van der Waals surface area contributed by atoms with Gasteiger partial charge in [0.05, 0.1) is 18.8 Å². The van der Waals surface area contributed by atoms with E-state index in [1.807, 2.05) is 0 Å². The smallest absolute Gasteiger partial charge is 0.410 e. The minimum absolute atomic E-state index is 0.0185. The molecule has 2 fully saturated rings. The van der Waals surface area contributed by atoms with Gasteiger partial charge in [-0.3, -0.25) is 24.1 Å². The molecule has 2 aromatic carbocycles. The van der Waals surface area contributed by atoms with Crippen molar-refractivity contribution in [3.63, 3.8) is 0 Å². The van der Waals surface area contributed by atoms with Crippen LogP contribution in [0.1, 0.15) is 68.9 Å². The number of sulfonamides is 1. The summed E-state index contributed by atoms with van der Waals surface area (Å²) in [7, 11) is -4.51. The van der Waals surface area contributed by atoms with Gasteiger partial charge in [-0.2, -0.15) is 0 Å². The SMILES string of the molecule is C=C[C@@H]1C[C@@]12NC(=O)[C@@H]1C[C@@H](OC(=O)N3Cc4cccc(F)c4C3)CN1C(=O)CCCCCCCC(=O)Nc1ccccc1S(=O)(=O)NC2=O. The summed E-state index contributed by atoms with van der Waals surface area (Å²) in [5.74, 6) is -3.43. The maximum absolute atomic E-state index is 14.3. The summed E-state index contributed by atoms with van der Waals surface area (Å²) in [5.41, 5.74) is -0.573. The number of benzene rings is 2. The molecule has 0 unspecified atom stereocenters. The number of fused-ring (bicyclic) bond motifs is 3. The normalized spacial score (nSPS) is 27.3. The Hall–Kier alpha value is -4.79. The monoisotopic (exact) mass is 709 g/mol. The molecule has 1 saturated heterocycles. The van der Waals surface area contributed by atoms with Gasteiger partial charge in [0.1, 0.15) is 28.4 Å². The average Bonchev–Trinajstić information content (AvgIpc) is 3.37. The third kappa shape index (κ3) is 7.23. The van der Waals surface area contributed by atoms with Crippen molar-refractivity contribution in [2.45, 2.75) is 93.5 Å². The van der Waals surface area contributed by atoms with E-state index in [2.05, 4.69) is 21.9 Å². The van der Waals surface area contributed by atoms with Gasteiger partial charge >= 0.3 is 6.09 Å². The molecule has 0 aromatic heterocycles. The third-order valence-corrected chi connectivity index (χ3v) is 11.2. The molecule has 13 nitrogen and oxygen atoms in total. The zero-order chi connectivity index (χ0) is 35.6. The van der Waals surface area contributed by atoms with Crippen molar-refractivity contribution in [3.05, 3.63) is 72.1 Å². The Bertz CT molecular complexity index is 1840. The summed E-state index contributed by atoms with van der Waals surface area (Å²) < 4.78 is 49.1. The highest BCUT2D eigenvalue weighted by atomic mass is 32.2. The standard InChI is InChI=1S/C35H40FN5O8S/c1-2-23-18-35(23)33(45)39-50(47,48)29-14-9-8-13-27(29)37-30(42)15-6-4-3-5-7-16-31(43)41-20-24(17-28(41)32(44)38-35)49-34(46)40-19-22-11-10-12-26(36)25(22)21-40/h2,8-14,23-24,28H,1,3-7,15-21H2,(H,37,42)(H,38,44)(H,39,45)/t23-,24-,28+,35-/m1/s1. The number of hydrogen-bond acceptors (Lipinski definition) is 8. The Morgan fingerprint density at radius 2 is 1.72 bits per heavy atom. The maximum atomic E-state index is 14.3. The fraction of sp³-hybridized carbons (Fsp3) is 0.457. The first-order valence-corrected chi connectivity index (χ1v) is 18.3. The van der Waals surface area contributed by atoms with Gasteiger partial charge in [0.2, 0.25) is 17.7 Å². The zero-order valence-electron chi connectivity index (χ0n) is 27.5. The van der Waals surface area contributed by atoms with Crippen LogP contribution in [-0.4, -0.2) is 72.2 Å². The molecule has 6 rings (SSSR count). The lowest BCUT2D eigenvalue weighted by Crippen LogP contribution is -2.56. The largest absolute Gasteiger partial charge is 0.444 e. The highest BCUT2D eigenvalue weighted by molar-refractivity contribution is 7.90. The lowest BCUT2D eigenvalue weighted by atomic mass is 10.1. The van der Waals surface area contributed by atoms with Crippen LogP contribution in [0.25, 0.3) is 0 Å². The van der Waals surface area contributed by atoms with Crippen molar-refractivity contribution >= 4 is 45.4 Å². The molecule has 0 radical (unpaired) electrons. The van der Waals surface area contributed by atoms with Crippen LogP contribution >= 0.6 is 0 Å². The van der Waals surface area contributed by atoms with E-state index in [4.69, 9.17) is 4.74 Å². The molecule has 50 heavy (non-hydrogen) atoms. The number of para-hydroxylation sites is 1. The first kappa shape index (κ1) is 35.1. The van der Waals surface area contributed by atoms with Crippen molar-refractivity contribution in [2.75, 3.05) is 11.9 Å². The molecule has 3 heterocycles. The summed E-state index contributed by atoms with van der Waals surface area (Å²) in [6.07, 6.45) is 3.41. The molecule has 0 bridgehead atoms. The molecule has 4 atom stereocenters. The van der Waals surface area contributed by atoms with Gasteiger partial charge in [-0.25, -0.2) is 22.3 Å². The van der Waals surface area contributed by atoms with E-state index in [0.29, 0.717) is 36.8 Å². The summed E-state index contributed by atoms with van der Waals surface area (Å²) in [6.45, 7) is 3.85. The molecule has 15 heteroatoms. The summed E-state index contributed by atoms with van der Waals surface area (Å²) >= 11 is 0. The number of amides is 5. The Labute approximate surface area is 289 Å². The first-order chi connectivity index (χ1) is 23.9. The number of ether oxygens (including phenoxy) is 1. The molecule has 1 saturated carbocycles. The zero-order valence-corrected chi connectivity index (χ0v) is 28.3. The fourth-order valence-corrected chi connectivity index (χ4v) is 8.19. The van der Waals surface area contributed by atoms with Crippen LogP contribution in [-0.2, 0) is 47.0 Å². The minimum Gasteiger partial charge on any atom is -0.444 e. The fourth-order valence-electron chi connectivity index (χ4n) is 6.99. The summed E-state index contributed by atoms with van der Waals surface area (Å²) in [5, 5.41) is 5.33. The lowest BCUT2D eigenvalue weighted by molar-refractivity contribution is -0.139. The molecule has 3 N–H and O–H groups in total. The number of nitrogens with zero attached hydrogens (tertiary/aromatic N) is 2. The van der Waals surface area contributed by atoms with Gasteiger partial charge in [0.15, 0.2) is 0 Å². The van der Waals surface area contributed by atoms with Crippen LogP contribution in [0.5, 0.6) is 0 Å². The predicted molar refractivity (Wildman–Crippen MR) is 178 cm³/mol. The molecular weight excluding hydrogens is 669 g/mol. The molecule has 1 spiro atoms. The van der Waals surface area contributed by atoms with Crippen molar-refractivity contribution in [1.29, 1.82) is 0 Å². The highest BCUT2D eigenvalue weighted by Gasteiger charge is 2.61. The van der Waals surface area contributed by atoms with E-state index in [1.165, 1.54) is 40.1 Å². The van der Waals surface area contributed by atoms with Gasteiger partial charge < -0.3 is 20.3 Å². The van der Waals surface area contributed by atoms with Gasteiger partial charge in [-0.05, 0) is 43.0 Å². The number of rotatable bonds is 2. The Balaban J connectivity index is 1.22. The Morgan fingerprint density at radius 3 is 2.46 bits per heavy atom. The van der Waals surface area contributed by atoms with E-state index in [9.17, 15) is 36.8 Å². The third-order valence-electron chi connectivity index (χ3n) is 9.86.